The van der Waals surface area contributed by atoms with Gasteiger partial charge in [-0.2, -0.15) is 13.2 Å². The molecule has 0 amide bonds. The fourth-order valence-corrected chi connectivity index (χ4v) is 2.93. The van der Waals surface area contributed by atoms with Crippen LogP contribution < -0.4 is 5.32 Å². The van der Waals surface area contributed by atoms with Crippen molar-refractivity contribution in [3.63, 3.8) is 0 Å². The Bertz CT molecular complexity index is 454. The number of benzene rings is 1. The highest BCUT2D eigenvalue weighted by Crippen LogP contribution is 2.36. The lowest BCUT2D eigenvalue weighted by Crippen LogP contribution is -2.38. The summed E-state index contributed by atoms with van der Waals surface area (Å²) in [6.45, 7) is 5.15. The van der Waals surface area contributed by atoms with Gasteiger partial charge in [-0.05, 0) is 37.6 Å². The highest BCUT2D eigenvalue weighted by molar-refractivity contribution is 9.10. The molecule has 112 valence electrons. The molecule has 0 atom stereocenters. The number of hydrogen-bond acceptors (Lipinski definition) is 2. The van der Waals surface area contributed by atoms with Crippen molar-refractivity contribution < 1.29 is 13.2 Å². The zero-order chi connectivity index (χ0) is 14.8. The SMILES string of the molecule is CCN1CCC(Nc2ccc(Br)c(C(F)(F)F)c2)CC1. The Hall–Kier alpha value is -0.750. The molecular weight excluding hydrogens is 333 g/mol. The first kappa shape index (κ1) is 15.6. The minimum Gasteiger partial charge on any atom is -0.382 e. The van der Waals surface area contributed by atoms with Gasteiger partial charge in [0.25, 0.3) is 0 Å². The summed E-state index contributed by atoms with van der Waals surface area (Å²) < 4.78 is 38.6. The average Bonchev–Trinajstić information content (AvgIpc) is 2.40. The molecule has 1 fully saturated rings. The Balaban J connectivity index is 2.04. The topological polar surface area (TPSA) is 15.3 Å². The summed E-state index contributed by atoms with van der Waals surface area (Å²) >= 11 is 2.95. The Labute approximate surface area is 125 Å². The fourth-order valence-electron chi connectivity index (χ4n) is 2.46. The van der Waals surface area contributed by atoms with Crippen LogP contribution in [0.2, 0.25) is 0 Å². The number of halogens is 4. The molecule has 0 aliphatic carbocycles. The molecule has 0 radical (unpaired) electrons. The van der Waals surface area contributed by atoms with Crippen LogP contribution in [0.25, 0.3) is 0 Å². The van der Waals surface area contributed by atoms with E-state index in [1.807, 2.05) is 0 Å². The van der Waals surface area contributed by atoms with Gasteiger partial charge in [0, 0.05) is 29.3 Å². The van der Waals surface area contributed by atoms with Crippen molar-refractivity contribution in [2.24, 2.45) is 0 Å². The van der Waals surface area contributed by atoms with Crippen LogP contribution in [-0.2, 0) is 6.18 Å². The van der Waals surface area contributed by atoms with Crippen LogP contribution in [-0.4, -0.2) is 30.6 Å². The summed E-state index contributed by atoms with van der Waals surface area (Å²) in [7, 11) is 0. The van der Waals surface area contributed by atoms with E-state index in [-0.39, 0.29) is 10.5 Å². The van der Waals surface area contributed by atoms with Crippen molar-refractivity contribution in [1.82, 2.24) is 4.90 Å². The van der Waals surface area contributed by atoms with E-state index in [0.717, 1.165) is 32.5 Å². The van der Waals surface area contributed by atoms with Crippen LogP contribution in [0, 0.1) is 0 Å². The maximum atomic E-state index is 12.8. The fraction of sp³-hybridized carbons (Fsp3) is 0.571. The predicted octanol–water partition coefficient (Wildman–Crippen LogP) is 4.36. The summed E-state index contributed by atoms with van der Waals surface area (Å²) in [6.07, 6.45) is -2.40. The minimum atomic E-state index is -4.33. The van der Waals surface area contributed by atoms with Crippen molar-refractivity contribution in [2.75, 3.05) is 25.0 Å². The van der Waals surface area contributed by atoms with Crippen LogP contribution in [0.4, 0.5) is 18.9 Å². The monoisotopic (exact) mass is 350 g/mol. The number of nitrogens with one attached hydrogen (secondary N) is 1. The van der Waals surface area contributed by atoms with Crippen LogP contribution in [0.15, 0.2) is 22.7 Å². The number of piperidine rings is 1. The molecule has 1 N–H and O–H groups in total. The maximum Gasteiger partial charge on any atom is 0.417 e. The Kier molecular flexibility index (Phi) is 4.96. The largest absolute Gasteiger partial charge is 0.417 e. The molecule has 0 bridgehead atoms. The van der Waals surface area contributed by atoms with Gasteiger partial charge >= 0.3 is 6.18 Å². The maximum absolute atomic E-state index is 12.8. The lowest BCUT2D eigenvalue weighted by Gasteiger charge is -2.32. The molecule has 0 saturated carbocycles. The van der Waals surface area contributed by atoms with E-state index in [9.17, 15) is 13.2 Å². The highest BCUT2D eigenvalue weighted by Gasteiger charge is 2.33. The summed E-state index contributed by atoms with van der Waals surface area (Å²) in [6, 6.07) is 4.56. The van der Waals surface area contributed by atoms with Crippen molar-refractivity contribution in [1.29, 1.82) is 0 Å². The second kappa shape index (κ2) is 6.35. The predicted molar refractivity (Wildman–Crippen MR) is 77.9 cm³/mol. The molecule has 6 heteroatoms. The molecular formula is C14H18BrF3N2. The molecule has 0 unspecified atom stereocenters. The van der Waals surface area contributed by atoms with Gasteiger partial charge in [0.05, 0.1) is 5.56 Å². The molecule has 1 heterocycles. The second-order valence-electron chi connectivity index (χ2n) is 5.05. The van der Waals surface area contributed by atoms with Gasteiger partial charge in [-0.25, -0.2) is 0 Å². The molecule has 0 aromatic heterocycles. The third kappa shape index (κ3) is 3.88. The standard InChI is InChI=1S/C14H18BrF3N2/c1-2-20-7-5-10(6-8-20)19-11-3-4-13(15)12(9-11)14(16,17)18/h3-4,9-10,19H,2,5-8H2,1H3. The number of anilines is 1. The first-order chi connectivity index (χ1) is 9.40. The van der Waals surface area contributed by atoms with Gasteiger partial charge in [-0.15, -0.1) is 0 Å². The van der Waals surface area contributed by atoms with Crippen molar-refractivity contribution in [3.8, 4) is 0 Å². The molecule has 0 spiro atoms. The molecule has 2 nitrogen and oxygen atoms in total. The first-order valence-electron chi connectivity index (χ1n) is 6.75. The van der Waals surface area contributed by atoms with Crippen LogP contribution >= 0.6 is 15.9 Å². The number of nitrogens with zero attached hydrogens (tertiary/aromatic N) is 1. The van der Waals surface area contributed by atoms with Crippen molar-refractivity contribution in [2.45, 2.75) is 32.0 Å². The van der Waals surface area contributed by atoms with E-state index >= 15 is 0 Å². The number of alkyl halides is 3. The van der Waals surface area contributed by atoms with Crippen molar-refractivity contribution in [3.05, 3.63) is 28.2 Å². The quantitative estimate of drug-likeness (QED) is 0.870. The van der Waals surface area contributed by atoms with Crippen LogP contribution in [0.5, 0.6) is 0 Å². The van der Waals surface area contributed by atoms with Crippen LogP contribution in [0.1, 0.15) is 25.3 Å². The summed E-state index contributed by atoms with van der Waals surface area (Å²) in [4.78, 5) is 2.35. The van der Waals surface area contributed by atoms with Gasteiger partial charge < -0.3 is 10.2 Å². The van der Waals surface area contributed by atoms with Gasteiger partial charge in [0.15, 0.2) is 0 Å². The Morgan fingerprint density at radius 2 is 1.95 bits per heavy atom. The Morgan fingerprint density at radius 3 is 2.50 bits per heavy atom. The second-order valence-corrected chi connectivity index (χ2v) is 5.90. The molecule has 1 aliphatic heterocycles. The van der Waals surface area contributed by atoms with Crippen molar-refractivity contribution >= 4 is 21.6 Å². The van der Waals surface area contributed by atoms with Gasteiger partial charge in [-0.3, -0.25) is 0 Å². The third-order valence-electron chi connectivity index (χ3n) is 3.68. The van der Waals surface area contributed by atoms with E-state index in [4.69, 9.17) is 0 Å². The molecule has 1 aliphatic rings. The third-order valence-corrected chi connectivity index (χ3v) is 4.37. The molecule has 1 aromatic carbocycles. The lowest BCUT2D eigenvalue weighted by molar-refractivity contribution is -0.138. The molecule has 2 rings (SSSR count). The minimum absolute atomic E-state index is 0.0800. The number of hydrogen-bond donors (Lipinski definition) is 1. The van der Waals surface area contributed by atoms with E-state index in [0.29, 0.717) is 5.69 Å². The zero-order valence-electron chi connectivity index (χ0n) is 11.3. The molecule has 1 aromatic rings. The average molecular weight is 351 g/mol. The van der Waals surface area contributed by atoms with E-state index in [1.165, 1.54) is 12.1 Å². The van der Waals surface area contributed by atoms with E-state index < -0.39 is 11.7 Å². The molecule has 20 heavy (non-hydrogen) atoms. The number of rotatable bonds is 3. The highest BCUT2D eigenvalue weighted by atomic mass is 79.9. The summed E-state index contributed by atoms with van der Waals surface area (Å²) in [5.41, 5.74) is -0.0935. The first-order valence-corrected chi connectivity index (χ1v) is 7.55. The van der Waals surface area contributed by atoms with E-state index in [2.05, 4.69) is 33.1 Å². The number of likely N-dealkylation sites (tertiary alicyclic amines) is 1. The summed E-state index contributed by atoms with van der Waals surface area (Å²) in [5, 5.41) is 3.22. The van der Waals surface area contributed by atoms with Crippen LogP contribution in [0.3, 0.4) is 0 Å². The lowest BCUT2D eigenvalue weighted by atomic mass is 10.0. The Morgan fingerprint density at radius 1 is 1.30 bits per heavy atom. The van der Waals surface area contributed by atoms with Gasteiger partial charge in [0.1, 0.15) is 0 Å². The molecule has 1 saturated heterocycles. The van der Waals surface area contributed by atoms with Gasteiger partial charge in [0.2, 0.25) is 0 Å². The smallest absolute Gasteiger partial charge is 0.382 e. The summed E-state index contributed by atoms with van der Waals surface area (Å²) in [5.74, 6) is 0. The zero-order valence-corrected chi connectivity index (χ0v) is 12.9. The van der Waals surface area contributed by atoms with Gasteiger partial charge in [-0.1, -0.05) is 22.9 Å². The van der Waals surface area contributed by atoms with E-state index in [1.54, 1.807) is 6.07 Å². The normalized spacial score (nSPS) is 18.2.